The van der Waals surface area contributed by atoms with E-state index in [-0.39, 0.29) is 0 Å². The first-order valence-corrected chi connectivity index (χ1v) is 6.21. The molecule has 0 spiro atoms. The lowest BCUT2D eigenvalue weighted by molar-refractivity contribution is 0.671. The van der Waals surface area contributed by atoms with Crippen molar-refractivity contribution in [1.29, 1.82) is 0 Å². The van der Waals surface area contributed by atoms with Gasteiger partial charge in [-0.25, -0.2) is 4.98 Å². The fourth-order valence-electron chi connectivity index (χ4n) is 2.12. The second kappa shape index (κ2) is 4.73. The van der Waals surface area contributed by atoms with Crippen LogP contribution in [-0.4, -0.2) is 20.8 Å². The Kier molecular flexibility index (Phi) is 3.31. The van der Waals surface area contributed by atoms with Gasteiger partial charge in [-0.2, -0.15) is 5.10 Å². The van der Waals surface area contributed by atoms with Crippen LogP contribution in [0.4, 0.5) is 5.69 Å². The molecule has 0 amide bonds. The van der Waals surface area contributed by atoms with Crippen LogP contribution in [0.2, 0.25) is 0 Å². The summed E-state index contributed by atoms with van der Waals surface area (Å²) in [6.07, 6.45) is 4.14. The number of nitrogens with one attached hydrogen (secondary N) is 1. The zero-order chi connectivity index (χ0) is 12.4. The maximum atomic E-state index is 4.46. The summed E-state index contributed by atoms with van der Waals surface area (Å²) in [5.41, 5.74) is 3.06. The summed E-state index contributed by atoms with van der Waals surface area (Å²) in [5, 5.41) is 9.01. The molecule has 2 rings (SSSR count). The van der Waals surface area contributed by atoms with E-state index in [1.807, 2.05) is 24.9 Å². The summed E-state index contributed by atoms with van der Waals surface area (Å²) in [4.78, 5) is 4.46. The van der Waals surface area contributed by atoms with Crippen LogP contribution in [0.25, 0.3) is 11.0 Å². The molecule has 1 N–H and O–H groups in total. The van der Waals surface area contributed by atoms with E-state index in [4.69, 9.17) is 0 Å². The Balaban J connectivity index is 2.34. The summed E-state index contributed by atoms with van der Waals surface area (Å²) in [6.45, 7) is 6.41. The summed E-state index contributed by atoms with van der Waals surface area (Å²) >= 11 is 0. The lowest BCUT2D eigenvalue weighted by Crippen LogP contribution is -2.16. The van der Waals surface area contributed by atoms with Gasteiger partial charge in [0.1, 0.15) is 0 Å². The highest BCUT2D eigenvalue weighted by molar-refractivity contribution is 5.81. The van der Waals surface area contributed by atoms with E-state index in [9.17, 15) is 0 Å². The number of pyridine rings is 1. The average molecular weight is 232 g/mol. The minimum Gasteiger partial charge on any atom is -0.381 e. The molecule has 4 heteroatoms. The molecule has 2 heterocycles. The highest BCUT2D eigenvalue weighted by Gasteiger charge is 2.08. The number of aromatic nitrogens is 3. The van der Waals surface area contributed by atoms with Crippen molar-refractivity contribution in [2.75, 3.05) is 5.32 Å². The van der Waals surface area contributed by atoms with Crippen LogP contribution in [0.5, 0.6) is 0 Å². The molecule has 17 heavy (non-hydrogen) atoms. The molecule has 0 aliphatic rings. The van der Waals surface area contributed by atoms with Crippen molar-refractivity contribution in [2.45, 2.75) is 39.7 Å². The van der Waals surface area contributed by atoms with E-state index >= 15 is 0 Å². The third kappa shape index (κ3) is 2.25. The Bertz CT molecular complexity index is 511. The topological polar surface area (TPSA) is 42.7 Å². The van der Waals surface area contributed by atoms with Crippen molar-refractivity contribution in [3.8, 4) is 0 Å². The number of rotatable bonds is 4. The molecule has 0 fully saturated rings. The predicted octanol–water partition coefficient (Wildman–Crippen LogP) is 2.88. The van der Waals surface area contributed by atoms with E-state index in [0.717, 1.165) is 35.3 Å². The fourth-order valence-corrected chi connectivity index (χ4v) is 2.12. The van der Waals surface area contributed by atoms with E-state index in [0.29, 0.717) is 6.04 Å². The van der Waals surface area contributed by atoms with Gasteiger partial charge in [0, 0.05) is 18.5 Å². The maximum Gasteiger partial charge on any atom is 0.157 e. The lowest BCUT2D eigenvalue weighted by Gasteiger charge is -2.15. The molecule has 2 aromatic rings. The number of hydrogen-bond acceptors (Lipinski definition) is 3. The van der Waals surface area contributed by atoms with Gasteiger partial charge in [0.2, 0.25) is 0 Å². The van der Waals surface area contributed by atoms with E-state index in [2.05, 4.69) is 35.3 Å². The van der Waals surface area contributed by atoms with Crippen molar-refractivity contribution >= 4 is 16.7 Å². The number of hydrogen-bond donors (Lipinski definition) is 1. The van der Waals surface area contributed by atoms with E-state index in [1.54, 1.807) is 0 Å². The average Bonchev–Trinajstić information content (AvgIpc) is 2.62. The normalized spacial score (nSPS) is 11.4. The Labute approximate surface area is 102 Å². The standard InChI is InChI=1S/C13H20N4/c1-5-10(6-2)15-11-7-12-9(3)16-17(4)13(12)14-8-11/h7-8,10,15H,5-6H2,1-4H3. The number of anilines is 1. The highest BCUT2D eigenvalue weighted by Crippen LogP contribution is 2.20. The maximum absolute atomic E-state index is 4.46. The fraction of sp³-hybridized carbons (Fsp3) is 0.538. The molecule has 2 aromatic heterocycles. The molecule has 0 bridgehead atoms. The van der Waals surface area contributed by atoms with Gasteiger partial charge in [0.25, 0.3) is 0 Å². The van der Waals surface area contributed by atoms with Crippen molar-refractivity contribution in [1.82, 2.24) is 14.8 Å². The van der Waals surface area contributed by atoms with Crippen LogP contribution in [-0.2, 0) is 7.05 Å². The minimum absolute atomic E-state index is 0.520. The molecule has 0 aromatic carbocycles. The predicted molar refractivity (Wildman–Crippen MR) is 71.2 cm³/mol. The van der Waals surface area contributed by atoms with E-state index in [1.165, 1.54) is 0 Å². The molecular formula is C13H20N4. The molecule has 0 unspecified atom stereocenters. The summed E-state index contributed by atoms with van der Waals surface area (Å²) < 4.78 is 1.82. The largest absolute Gasteiger partial charge is 0.381 e. The monoisotopic (exact) mass is 232 g/mol. The zero-order valence-electron chi connectivity index (χ0n) is 11.0. The zero-order valence-corrected chi connectivity index (χ0v) is 11.0. The molecule has 0 radical (unpaired) electrons. The molecule has 0 aliphatic carbocycles. The Morgan fingerprint density at radius 1 is 1.35 bits per heavy atom. The van der Waals surface area contributed by atoms with Crippen LogP contribution < -0.4 is 5.32 Å². The molecular weight excluding hydrogens is 212 g/mol. The smallest absolute Gasteiger partial charge is 0.157 e. The second-order valence-electron chi connectivity index (χ2n) is 4.46. The van der Waals surface area contributed by atoms with Gasteiger partial charge in [0.15, 0.2) is 5.65 Å². The van der Waals surface area contributed by atoms with Crippen LogP contribution in [0, 0.1) is 6.92 Å². The van der Waals surface area contributed by atoms with Crippen LogP contribution in [0.15, 0.2) is 12.3 Å². The number of aryl methyl sites for hydroxylation is 2. The van der Waals surface area contributed by atoms with Gasteiger partial charge < -0.3 is 5.32 Å². The van der Waals surface area contributed by atoms with Crippen LogP contribution in [0.3, 0.4) is 0 Å². The molecule has 92 valence electrons. The highest BCUT2D eigenvalue weighted by atomic mass is 15.3. The summed E-state index contributed by atoms with van der Waals surface area (Å²) in [6, 6.07) is 2.66. The Morgan fingerprint density at radius 2 is 2.06 bits per heavy atom. The third-order valence-electron chi connectivity index (χ3n) is 3.22. The van der Waals surface area contributed by atoms with Gasteiger partial charge in [-0.15, -0.1) is 0 Å². The molecule has 0 aliphatic heterocycles. The van der Waals surface area contributed by atoms with Crippen molar-refractivity contribution in [3.05, 3.63) is 18.0 Å². The van der Waals surface area contributed by atoms with Gasteiger partial charge in [-0.1, -0.05) is 13.8 Å². The number of nitrogens with zero attached hydrogens (tertiary/aromatic N) is 3. The van der Waals surface area contributed by atoms with Gasteiger partial charge in [-0.3, -0.25) is 4.68 Å². The quantitative estimate of drug-likeness (QED) is 0.881. The van der Waals surface area contributed by atoms with Gasteiger partial charge >= 0.3 is 0 Å². The Morgan fingerprint density at radius 3 is 2.71 bits per heavy atom. The first kappa shape index (κ1) is 11.9. The van der Waals surface area contributed by atoms with Crippen molar-refractivity contribution in [2.24, 2.45) is 7.05 Å². The third-order valence-corrected chi connectivity index (χ3v) is 3.22. The minimum atomic E-state index is 0.520. The first-order chi connectivity index (χ1) is 8.15. The molecule has 0 saturated heterocycles. The van der Waals surface area contributed by atoms with E-state index < -0.39 is 0 Å². The van der Waals surface area contributed by atoms with Gasteiger partial charge in [-0.05, 0) is 25.8 Å². The van der Waals surface area contributed by atoms with Crippen molar-refractivity contribution < 1.29 is 0 Å². The summed E-state index contributed by atoms with van der Waals surface area (Å²) in [5.74, 6) is 0. The lowest BCUT2D eigenvalue weighted by atomic mass is 10.1. The summed E-state index contributed by atoms with van der Waals surface area (Å²) in [7, 11) is 1.93. The van der Waals surface area contributed by atoms with Gasteiger partial charge in [0.05, 0.1) is 17.6 Å². The second-order valence-corrected chi connectivity index (χ2v) is 4.46. The number of fused-ring (bicyclic) bond motifs is 1. The van der Waals surface area contributed by atoms with Crippen molar-refractivity contribution in [3.63, 3.8) is 0 Å². The molecule has 0 saturated carbocycles. The molecule has 4 nitrogen and oxygen atoms in total. The van der Waals surface area contributed by atoms with Crippen LogP contribution >= 0.6 is 0 Å². The first-order valence-electron chi connectivity index (χ1n) is 6.21. The van der Waals surface area contributed by atoms with Crippen LogP contribution in [0.1, 0.15) is 32.4 Å². The molecule has 0 atom stereocenters. The SMILES string of the molecule is CCC(CC)Nc1cnc2c(c1)c(C)nn2C. The Hall–Kier alpha value is -1.58.